The molecule has 1 atom stereocenters. The number of rotatable bonds is 9. The molecule has 234 valence electrons. The SMILES string of the molecule is CCOc1cc([C@H]2/C(=C(\O)c3ccc4c(c3)OCCO4)C(=O)C(=O)N2c2nc3c(C)cc(C)cc3s2)ccc1OCCC(C)C. The molecule has 0 radical (unpaired) electrons. The number of hydrogen-bond acceptors (Lipinski definition) is 9. The molecule has 1 amide bonds. The maximum absolute atomic E-state index is 13.9. The molecule has 2 aliphatic heterocycles. The van der Waals surface area contributed by atoms with E-state index in [1.807, 2.05) is 32.9 Å². The molecular weight excluding hydrogens is 592 g/mol. The van der Waals surface area contributed by atoms with E-state index < -0.39 is 17.7 Å². The van der Waals surface area contributed by atoms with E-state index in [1.54, 1.807) is 36.4 Å². The van der Waals surface area contributed by atoms with Crippen molar-refractivity contribution in [2.24, 2.45) is 5.92 Å². The number of nitrogens with zero attached hydrogens (tertiary/aromatic N) is 2. The van der Waals surface area contributed by atoms with E-state index in [0.29, 0.717) is 71.6 Å². The summed E-state index contributed by atoms with van der Waals surface area (Å²) in [7, 11) is 0. The minimum atomic E-state index is -0.982. The Balaban J connectivity index is 1.51. The van der Waals surface area contributed by atoms with Crippen molar-refractivity contribution in [2.45, 2.75) is 47.1 Å². The van der Waals surface area contributed by atoms with Gasteiger partial charge in [0, 0.05) is 5.56 Å². The Morgan fingerprint density at radius 2 is 1.80 bits per heavy atom. The maximum atomic E-state index is 13.9. The monoisotopic (exact) mass is 628 g/mol. The van der Waals surface area contributed by atoms with Crippen LogP contribution < -0.4 is 23.8 Å². The van der Waals surface area contributed by atoms with Crippen LogP contribution in [0.15, 0.2) is 54.1 Å². The number of ether oxygens (including phenoxy) is 4. The Labute approximate surface area is 266 Å². The maximum Gasteiger partial charge on any atom is 0.301 e. The summed E-state index contributed by atoms with van der Waals surface area (Å²) in [4.78, 5) is 33.9. The van der Waals surface area contributed by atoms with Crippen molar-refractivity contribution < 1.29 is 33.6 Å². The second-order valence-corrected chi connectivity index (χ2v) is 12.6. The highest BCUT2D eigenvalue weighted by molar-refractivity contribution is 7.22. The molecule has 0 saturated carbocycles. The van der Waals surface area contributed by atoms with Gasteiger partial charge in [0.15, 0.2) is 28.1 Å². The fourth-order valence-corrected chi connectivity index (χ4v) is 6.81. The standard InChI is InChI=1S/C35H36N2O7S/c1-6-41-26-17-22(7-9-24(26)42-12-11-19(2)3)31-29(32(38)23-8-10-25-27(18-23)44-14-13-43-25)33(39)34(40)37(31)35-36-30-21(5)15-20(4)16-28(30)45-35/h7-10,15-19,31,38H,6,11-14H2,1-5H3/b32-29+/t31-/m0/s1. The third kappa shape index (κ3) is 5.82. The van der Waals surface area contributed by atoms with Gasteiger partial charge in [-0.3, -0.25) is 14.5 Å². The molecule has 3 heterocycles. The normalized spacial score (nSPS) is 17.4. The highest BCUT2D eigenvalue weighted by Crippen LogP contribution is 2.47. The fraction of sp³-hybridized carbons (Fsp3) is 0.343. The summed E-state index contributed by atoms with van der Waals surface area (Å²) in [5.74, 6) is 0.620. The summed E-state index contributed by atoms with van der Waals surface area (Å²) in [5, 5.41) is 12.1. The van der Waals surface area contributed by atoms with Gasteiger partial charge in [0.1, 0.15) is 19.0 Å². The molecule has 0 bridgehead atoms. The van der Waals surface area contributed by atoms with Crippen LogP contribution in [-0.4, -0.2) is 48.2 Å². The van der Waals surface area contributed by atoms with Crippen molar-refractivity contribution in [1.29, 1.82) is 0 Å². The fourth-order valence-electron chi connectivity index (χ4n) is 5.64. The number of hydrogen-bond donors (Lipinski definition) is 1. The Kier molecular flexibility index (Phi) is 8.42. The molecule has 0 spiro atoms. The van der Waals surface area contributed by atoms with Gasteiger partial charge in [-0.2, -0.15) is 0 Å². The van der Waals surface area contributed by atoms with E-state index in [2.05, 4.69) is 13.8 Å². The lowest BCUT2D eigenvalue weighted by Crippen LogP contribution is -2.29. The van der Waals surface area contributed by atoms with E-state index in [9.17, 15) is 14.7 Å². The molecule has 1 aromatic heterocycles. The van der Waals surface area contributed by atoms with Crippen LogP contribution in [0, 0.1) is 19.8 Å². The Morgan fingerprint density at radius 1 is 1.02 bits per heavy atom. The summed E-state index contributed by atoms with van der Waals surface area (Å²) >= 11 is 1.33. The van der Waals surface area contributed by atoms with Gasteiger partial charge < -0.3 is 24.1 Å². The molecule has 0 aliphatic carbocycles. The number of aliphatic hydroxyl groups excluding tert-OH is 1. The molecular formula is C35H36N2O7S. The lowest BCUT2D eigenvalue weighted by Gasteiger charge is -2.24. The van der Waals surface area contributed by atoms with Crippen LogP contribution in [-0.2, 0) is 9.59 Å². The molecule has 4 aromatic rings. The number of anilines is 1. The average molecular weight is 629 g/mol. The predicted molar refractivity (Wildman–Crippen MR) is 174 cm³/mol. The number of aliphatic hydroxyl groups is 1. The first kappa shape index (κ1) is 30.5. The van der Waals surface area contributed by atoms with Gasteiger partial charge in [0.25, 0.3) is 5.78 Å². The molecule has 0 unspecified atom stereocenters. The Morgan fingerprint density at radius 3 is 2.56 bits per heavy atom. The van der Waals surface area contributed by atoms with Crippen LogP contribution >= 0.6 is 11.3 Å². The molecule has 10 heteroatoms. The number of ketones is 1. The first-order valence-corrected chi connectivity index (χ1v) is 16.0. The lowest BCUT2D eigenvalue weighted by atomic mass is 9.95. The summed E-state index contributed by atoms with van der Waals surface area (Å²) in [6, 6.07) is 13.4. The molecule has 45 heavy (non-hydrogen) atoms. The Hall–Kier alpha value is -4.57. The van der Waals surface area contributed by atoms with Gasteiger partial charge >= 0.3 is 5.91 Å². The van der Waals surface area contributed by atoms with Crippen molar-refractivity contribution in [3.05, 3.63) is 76.4 Å². The third-order valence-corrected chi connectivity index (χ3v) is 8.82. The van der Waals surface area contributed by atoms with Gasteiger partial charge in [-0.1, -0.05) is 37.3 Å². The van der Waals surface area contributed by atoms with Gasteiger partial charge in [-0.15, -0.1) is 0 Å². The van der Waals surface area contributed by atoms with Crippen molar-refractivity contribution in [3.63, 3.8) is 0 Å². The van der Waals surface area contributed by atoms with E-state index >= 15 is 0 Å². The molecule has 3 aromatic carbocycles. The number of fused-ring (bicyclic) bond motifs is 2. The average Bonchev–Trinajstić information content (AvgIpc) is 3.55. The van der Waals surface area contributed by atoms with Crippen LogP contribution in [0.4, 0.5) is 5.13 Å². The van der Waals surface area contributed by atoms with E-state index in [1.165, 1.54) is 16.2 Å². The van der Waals surface area contributed by atoms with Crippen molar-refractivity contribution >= 4 is 44.1 Å². The van der Waals surface area contributed by atoms with E-state index in [0.717, 1.165) is 27.8 Å². The number of carbonyl (C=O) groups excluding carboxylic acids is 2. The van der Waals surface area contributed by atoms with Gasteiger partial charge in [0.05, 0.1) is 35.0 Å². The lowest BCUT2D eigenvalue weighted by molar-refractivity contribution is -0.132. The highest BCUT2D eigenvalue weighted by Gasteiger charge is 2.48. The number of carbonyl (C=O) groups is 2. The molecule has 6 rings (SSSR count). The van der Waals surface area contributed by atoms with Crippen LogP contribution in [0.25, 0.3) is 16.0 Å². The quantitative estimate of drug-likeness (QED) is 0.118. The zero-order valence-electron chi connectivity index (χ0n) is 26.0. The van der Waals surface area contributed by atoms with E-state index in [4.69, 9.17) is 23.9 Å². The summed E-state index contributed by atoms with van der Waals surface area (Å²) in [6.07, 6.45) is 0.875. The van der Waals surface area contributed by atoms with Crippen molar-refractivity contribution in [2.75, 3.05) is 31.3 Å². The minimum absolute atomic E-state index is 0.0558. The molecule has 9 nitrogen and oxygen atoms in total. The topological polar surface area (TPSA) is 107 Å². The summed E-state index contributed by atoms with van der Waals surface area (Å²) in [5.41, 5.74) is 3.65. The summed E-state index contributed by atoms with van der Waals surface area (Å²) in [6.45, 7) is 11.8. The van der Waals surface area contributed by atoms with Crippen molar-refractivity contribution in [1.82, 2.24) is 4.98 Å². The number of amides is 1. The molecule has 2 aliphatic rings. The Bertz CT molecular complexity index is 1830. The summed E-state index contributed by atoms with van der Waals surface area (Å²) < 4.78 is 24.3. The van der Waals surface area contributed by atoms with Gasteiger partial charge in [-0.05, 0) is 86.2 Å². The van der Waals surface area contributed by atoms with Crippen LogP contribution in [0.5, 0.6) is 23.0 Å². The smallest absolute Gasteiger partial charge is 0.301 e. The number of Topliss-reactive ketones (excluding diaryl/α,β-unsaturated/α-hetero) is 1. The largest absolute Gasteiger partial charge is 0.507 e. The second-order valence-electron chi connectivity index (χ2n) is 11.6. The third-order valence-electron chi connectivity index (χ3n) is 7.82. The van der Waals surface area contributed by atoms with Crippen molar-refractivity contribution in [3.8, 4) is 23.0 Å². The second kappa shape index (κ2) is 12.4. The highest BCUT2D eigenvalue weighted by atomic mass is 32.1. The first-order valence-electron chi connectivity index (χ1n) is 15.1. The predicted octanol–water partition coefficient (Wildman–Crippen LogP) is 7.13. The molecule has 1 saturated heterocycles. The van der Waals surface area contributed by atoms with Gasteiger partial charge in [-0.25, -0.2) is 4.98 Å². The number of aryl methyl sites for hydroxylation is 2. The number of aromatic nitrogens is 1. The van der Waals surface area contributed by atoms with Crippen LogP contribution in [0.3, 0.4) is 0 Å². The van der Waals surface area contributed by atoms with E-state index in [-0.39, 0.29) is 11.3 Å². The van der Waals surface area contributed by atoms with Crippen LogP contribution in [0.2, 0.25) is 0 Å². The number of thiazole rings is 1. The molecule has 1 N–H and O–H groups in total. The zero-order valence-corrected chi connectivity index (χ0v) is 26.8. The van der Waals surface area contributed by atoms with Gasteiger partial charge in [0.2, 0.25) is 0 Å². The zero-order chi connectivity index (χ0) is 31.8. The minimum Gasteiger partial charge on any atom is -0.507 e. The first-order chi connectivity index (χ1) is 21.7. The van der Waals surface area contributed by atoms with Crippen LogP contribution in [0.1, 0.15) is 55.5 Å². The number of benzene rings is 3. The molecule has 1 fully saturated rings.